The van der Waals surface area contributed by atoms with Gasteiger partial charge < -0.3 is 11.1 Å². The fraction of sp³-hybridized carbons (Fsp3) is 0.471. The molecule has 1 aromatic carbocycles. The molecule has 112 valence electrons. The van der Waals surface area contributed by atoms with Crippen LogP contribution in [-0.2, 0) is 0 Å². The van der Waals surface area contributed by atoms with Crippen molar-refractivity contribution in [3.8, 4) is 11.8 Å². The molecule has 0 radical (unpaired) electrons. The van der Waals surface area contributed by atoms with E-state index in [1.165, 1.54) is 25.0 Å². The van der Waals surface area contributed by atoms with Gasteiger partial charge >= 0.3 is 0 Å². The minimum Gasteiger partial charge on any atom is -0.351 e. The molecule has 3 nitrogen and oxygen atoms in total. The Balaban J connectivity index is 1.99. The highest BCUT2D eigenvalue weighted by Gasteiger charge is 2.15. The first-order valence-electron chi connectivity index (χ1n) is 7.39. The summed E-state index contributed by atoms with van der Waals surface area (Å²) in [5.74, 6) is 7.01. The molecule has 1 heterocycles. The minimum absolute atomic E-state index is 0.0133. The summed E-state index contributed by atoms with van der Waals surface area (Å²) >= 11 is 1.97. The van der Waals surface area contributed by atoms with E-state index >= 15 is 0 Å². The Labute approximate surface area is 131 Å². The van der Waals surface area contributed by atoms with Crippen LogP contribution in [0.25, 0.3) is 0 Å². The van der Waals surface area contributed by atoms with E-state index < -0.39 is 0 Å². The number of hydrogen-bond donors (Lipinski definition) is 2. The minimum atomic E-state index is -0.0133. The molecule has 1 atom stereocenters. The van der Waals surface area contributed by atoms with Crippen LogP contribution in [0.1, 0.15) is 40.7 Å². The van der Waals surface area contributed by atoms with Gasteiger partial charge in [-0.05, 0) is 49.3 Å². The molecule has 0 aliphatic carbocycles. The van der Waals surface area contributed by atoms with Crippen molar-refractivity contribution < 1.29 is 4.79 Å². The van der Waals surface area contributed by atoms with Gasteiger partial charge in [0.15, 0.2) is 0 Å². The lowest BCUT2D eigenvalue weighted by Crippen LogP contribution is -2.32. The van der Waals surface area contributed by atoms with Crippen molar-refractivity contribution in [2.24, 2.45) is 5.73 Å². The lowest BCUT2D eigenvalue weighted by atomic mass is 10.1. The van der Waals surface area contributed by atoms with Gasteiger partial charge in [0.25, 0.3) is 5.91 Å². The van der Waals surface area contributed by atoms with Crippen molar-refractivity contribution in [2.75, 3.05) is 18.8 Å². The number of nitrogens with two attached hydrogens (primary N) is 1. The Bertz CT molecular complexity index is 554. The summed E-state index contributed by atoms with van der Waals surface area (Å²) in [5, 5.41) is 3.61. The first kappa shape index (κ1) is 15.9. The molecule has 1 amide bonds. The van der Waals surface area contributed by atoms with Gasteiger partial charge in [-0.2, -0.15) is 11.8 Å². The maximum atomic E-state index is 12.3. The van der Waals surface area contributed by atoms with Crippen molar-refractivity contribution >= 4 is 17.7 Å². The first-order valence-corrected chi connectivity index (χ1v) is 8.44. The van der Waals surface area contributed by atoms with E-state index in [1.54, 1.807) is 0 Å². The number of hydrogen-bond acceptors (Lipinski definition) is 3. The molecule has 1 aromatic rings. The summed E-state index contributed by atoms with van der Waals surface area (Å²) in [7, 11) is 0. The molecule has 4 heteroatoms. The van der Waals surface area contributed by atoms with Crippen LogP contribution in [0.4, 0.5) is 0 Å². The molecule has 1 aliphatic heterocycles. The SMILES string of the molecule is Cc1cc(C#CCN)cc(C(=O)NCC2CCCCS2)c1. The van der Waals surface area contributed by atoms with Crippen LogP contribution in [0, 0.1) is 18.8 Å². The molecule has 1 aliphatic rings. The van der Waals surface area contributed by atoms with Crippen LogP contribution in [-0.4, -0.2) is 30.0 Å². The van der Waals surface area contributed by atoms with Crippen LogP contribution >= 0.6 is 11.8 Å². The quantitative estimate of drug-likeness (QED) is 0.843. The van der Waals surface area contributed by atoms with Gasteiger partial charge in [-0.3, -0.25) is 4.79 Å². The van der Waals surface area contributed by atoms with Crippen LogP contribution in [0.15, 0.2) is 18.2 Å². The molecule has 3 N–H and O–H groups in total. The summed E-state index contributed by atoms with van der Waals surface area (Å²) in [4.78, 5) is 12.3. The van der Waals surface area contributed by atoms with E-state index in [-0.39, 0.29) is 5.91 Å². The van der Waals surface area contributed by atoms with E-state index in [0.717, 1.165) is 17.7 Å². The predicted molar refractivity (Wildman–Crippen MR) is 89.5 cm³/mol. The van der Waals surface area contributed by atoms with E-state index in [1.807, 2.05) is 36.9 Å². The number of carbonyl (C=O) groups is 1. The standard InChI is InChI=1S/C17H22N2OS/c1-13-9-14(5-4-7-18)11-15(10-13)17(20)19-12-16-6-2-3-8-21-16/h9-11,16H,2-3,6-8,12,18H2,1H3,(H,19,20). The fourth-order valence-corrected chi connectivity index (χ4v) is 3.66. The summed E-state index contributed by atoms with van der Waals surface area (Å²) in [5.41, 5.74) is 7.95. The molecule has 1 unspecified atom stereocenters. The Hall–Kier alpha value is -1.44. The summed E-state index contributed by atoms with van der Waals surface area (Å²) in [6.07, 6.45) is 3.78. The van der Waals surface area contributed by atoms with Crippen molar-refractivity contribution in [1.82, 2.24) is 5.32 Å². The molecular weight excluding hydrogens is 280 g/mol. The number of benzene rings is 1. The fourth-order valence-electron chi connectivity index (χ4n) is 2.42. The van der Waals surface area contributed by atoms with Crippen molar-refractivity contribution in [3.05, 3.63) is 34.9 Å². The van der Waals surface area contributed by atoms with Gasteiger partial charge in [-0.25, -0.2) is 0 Å². The van der Waals surface area contributed by atoms with Crippen LogP contribution in [0.3, 0.4) is 0 Å². The first-order chi connectivity index (χ1) is 10.2. The molecule has 0 bridgehead atoms. The van der Waals surface area contributed by atoms with E-state index in [0.29, 0.717) is 17.4 Å². The summed E-state index contributed by atoms with van der Waals surface area (Å²) in [6, 6.07) is 5.70. The van der Waals surface area contributed by atoms with E-state index in [4.69, 9.17) is 5.73 Å². The second-order valence-electron chi connectivity index (χ2n) is 5.29. The third-order valence-corrected chi connectivity index (χ3v) is 4.84. The predicted octanol–water partition coefficient (Wildman–Crippen LogP) is 2.32. The molecule has 2 rings (SSSR count). The maximum Gasteiger partial charge on any atom is 0.251 e. The van der Waals surface area contributed by atoms with Gasteiger partial charge in [0.2, 0.25) is 0 Å². The second-order valence-corrected chi connectivity index (χ2v) is 6.70. The van der Waals surface area contributed by atoms with Crippen LogP contribution in [0.5, 0.6) is 0 Å². The molecule has 0 spiro atoms. The number of aryl methyl sites for hydroxylation is 1. The highest BCUT2D eigenvalue weighted by atomic mass is 32.2. The number of thioether (sulfide) groups is 1. The monoisotopic (exact) mass is 302 g/mol. The lowest BCUT2D eigenvalue weighted by molar-refractivity contribution is 0.0953. The highest BCUT2D eigenvalue weighted by Crippen LogP contribution is 2.24. The normalized spacial score (nSPS) is 17.7. The van der Waals surface area contributed by atoms with Gasteiger partial charge in [0.05, 0.1) is 6.54 Å². The van der Waals surface area contributed by atoms with E-state index in [9.17, 15) is 4.79 Å². The Morgan fingerprint density at radius 3 is 3.00 bits per heavy atom. The average Bonchev–Trinajstić information content (AvgIpc) is 2.51. The number of carbonyl (C=O) groups excluding carboxylic acids is 1. The maximum absolute atomic E-state index is 12.3. The summed E-state index contributed by atoms with van der Waals surface area (Å²) < 4.78 is 0. The molecule has 1 fully saturated rings. The number of nitrogens with one attached hydrogen (secondary N) is 1. The smallest absolute Gasteiger partial charge is 0.251 e. The van der Waals surface area contributed by atoms with Gasteiger partial charge in [0, 0.05) is 22.9 Å². The van der Waals surface area contributed by atoms with E-state index in [2.05, 4.69) is 17.2 Å². The third-order valence-electron chi connectivity index (χ3n) is 3.44. The zero-order valence-electron chi connectivity index (χ0n) is 12.4. The highest BCUT2D eigenvalue weighted by molar-refractivity contribution is 7.99. The molecule has 1 saturated heterocycles. The molecule has 0 aromatic heterocycles. The molecular formula is C17H22N2OS. The topological polar surface area (TPSA) is 55.1 Å². The Morgan fingerprint density at radius 1 is 1.43 bits per heavy atom. The Morgan fingerprint density at radius 2 is 2.29 bits per heavy atom. The molecule has 0 saturated carbocycles. The van der Waals surface area contributed by atoms with Crippen molar-refractivity contribution in [3.63, 3.8) is 0 Å². The number of amides is 1. The zero-order valence-corrected chi connectivity index (χ0v) is 13.3. The third kappa shape index (κ3) is 5.11. The largest absolute Gasteiger partial charge is 0.351 e. The Kier molecular flexibility index (Phi) is 6.16. The molecule has 21 heavy (non-hydrogen) atoms. The lowest BCUT2D eigenvalue weighted by Gasteiger charge is -2.21. The van der Waals surface area contributed by atoms with Gasteiger partial charge in [0.1, 0.15) is 0 Å². The van der Waals surface area contributed by atoms with Crippen LogP contribution < -0.4 is 11.1 Å². The average molecular weight is 302 g/mol. The van der Waals surface area contributed by atoms with Crippen molar-refractivity contribution in [2.45, 2.75) is 31.4 Å². The zero-order chi connectivity index (χ0) is 15.1. The van der Waals surface area contributed by atoms with Crippen LogP contribution in [0.2, 0.25) is 0 Å². The summed E-state index contributed by atoms with van der Waals surface area (Å²) in [6.45, 7) is 3.05. The van der Waals surface area contributed by atoms with Crippen molar-refractivity contribution in [1.29, 1.82) is 0 Å². The second kappa shape index (κ2) is 8.11. The van der Waals surface area contributed by atoms with Gasteiger partial charge in [-0.1, -0.05) is 18.3 Å². The van der Waals surface area contributed by atoms with Gasteiger partial charge in [-0.15, -0.1) is 0 Å². The number of rotatable bonds is 3.